The molecule has 1 saturated carbocycles. The Balaban J connectivity index is 1.93. The predicted octanol–water partition coefficient (Wildman–Crippen LogP) is 1.89. The molecule has 1 saturated heterocycles. The van der Waals surface area contributed by atoms with Crippen molar-refractivity contribution in [3.8, 4) is 0 Å². The fraction of sp³-hybridized carbons (Fsp3) is 1.00. The van der Waals surface area contributed by atoms with Gasteiger partial charge in [-0.2, -0.15) is 0 Å². The van der Waals surface area contributed by atoms with E-state index in [1.54, 1.807) is 0 Å². The van der Waals surface area contributed by atoms with Crippen LogP contribution in [0.5, 0.6) is 0 Å². The minimum absolute atomic E-state index is 0.395. The molecule has 3 atom stereocenters. The highest BCUT2D eigenvalue weighted by Gasteiger charge is 2.33. The first-order valence-electron chi connectivity index (χ1n) is 6.28. The van der Waals surface area contributed by atoms with Crippen LogP contribution in [0.15, 0.2) is 0 Å². The van der Waals surface area contributed by atoms with Gasteiger partial charge in [0.2, 0.25) is 0 Å². The van der Waals surface area contributed by atoms with Gasteiger partial charge in [0.15, 0.2) is 0 Å². The van der Waals surface area contributed by atoms with Crippen LogP contribution in [0.25, 0.3) is 0 Å². The Kier molecular flexibility index (Phi) is 3.45. The maximum atomic E-state index is 6.29. The van der Waals surface area contributed by atoms with Gasteiger partial charge in [-0.05, 0) is 37.6 Å². The quantitative estimate of drug-likeness (QED) is 0.672. The van der Waals surface area contributed by atoms with Crippen molar-refractivity contribution >= 4 is 0 Å². The van der Waals surface area contributed by atoms with E-state index in [1.165, 1.54) is 45.1 Å². The number of nitrogens with one attached hydrogen (secondary N) is 1. The molecule has 0 aromatic carbocycles. The molecule has 2 aliphatic rings. The normalized spacial score (nSPS) is 41.1. The van der Waals surface area contributed by atoms with Gasteiger partial charge in [-0.15, -0.1) is 0 Å². The number of piperidine rings is 1. The van der Waals surface area contributed by atoms with E-state index in [0.717, 1.165) is 5.92 Å². The summed E-state index contributed by atoms with van der Waals surface area (Å²) in [4.78, 5) is 0. The monoisotopic (exact) mass is 196 g/mol. The van der Waals surface area contributed by atoms with Gasteiger partial charge < -0.3 is 11.1 Å². The number of rotatable bonds is 1. The molecule has 3 N–H and O–H groups in total. The van der Waals surface area contributed by atoms with Crippen LogP contribution < -0.4 is 11.1 Å². The van der Waals surface area contributed by atoms with E-state index in [4.69, 9.17) is 5.73 Å². The Morgan fingerprint density at radius 3 is 2.50 bits per heavy atom. The van der Waals surface area contributed by atoms with Gasteiger partial charge >= 0.3 is 0 Å². The fourth-order valence-electron chi connectivity index (χ4n) is 3.13. The van der Waals surface area contributed by atoms with E-state index in [-0.39, 0.29) is 0 Å². The third kappa shape index (κ3) is 2.12. The van der Waals surface area contributed by atoms with Crippen molar-refractivity contribution < 1.29 is 0 Å². The van der Waals surface area contributed by atoms with Crippen molar-refractivity contribution in [1.29, 1.82) is 0 Å². The molecule has 0 amide bonds. The molecule has 1 aliphatic carbocycles. The van der Waals surface area contributed by atoms with Crippen LogP contribution in [0, 0.1) is 11.8 Å². The molecule has 1 heterocycles. The topological polar surface area (TPSA) is 38.0 Å². The second-order valence-corrected chi connectivity index (χ2v) is 5.22. The molecule has 2 fully saturated rings. The summed E-state index contributed by atoms with van der Waals surface area (Å²) in [6, 6.07) is 1.01. The van der Waals surface area contributed by atoms with E-state index in [0.29, 0.717) is 18.0 Å². The Morgan fingerprint density at radius 2 is 1.79 bits per heavy atom. The highest BCUT2D eigenvalue weighted by molar-refractivity contribution is 4.93. The minimum atomic E-state index is 0.395. The van der Waals surface area contributed by atoms with Gasteiger partial charge in [-0.3, -0.25) is 0 Å². The molecule has 2 rings (SSSR count). The average Bonchev–Trinajstić information content (AvgIpc) is 2.23. The van der Waals surface area contributed by atoms with Crippen molar-refractivity contribution in [2.24, 2.45) is 17.6 Å². The number of hydrogen-bond acceptors (Lipinski definition) is 2. The lowest BCUT2D eigenvalue weighted by Crippen LogP contribution is -2.57. The molecule has 82 valence electrons. The third-order valence-electron chi connectivity index (χ3n) is 4.21. The molecule has 2 heteroatoms. The first-order valence-corrected chi connectivity index (χ1v) is 6.28. The summed E-state index contributed by atoms with van der Waals surface area (Å²) in [5, 5.41) is 3.64. The van der Waals surface area contributed by atoms with Crippen LogP contribution in [0.4, 0.5) is 0 Å². The third-order valence-corrected chi connectivity index (χ3v) is 4.21. The maximum absolute atomic E-state index is 6.29. The maximum Gasteiger partial charge on any atom is 0.0249 e. The van der Waals surface area contributed by atoms with Crippen LogP contribution in [-0.4, -0.2) is 18.6 Å². The molecular weight excluding hydrogens is 172 g/mol. The molecule has 0 aromatic heterocycles. The van der Waals surface area contributed by atoms with Gasteiger partial charge in [0.25, 0.3) is 0 Å². The van der Waals surface area contributed by atoms with Gasteiger partial charge in [0.05, 0.1) is 0 Å². The number of hydrogen-bond donors (Lipinski definition) is 2. The van der Waals surface area contributed by atoms with Gasteiger partial charge in [-0.1, -0.05) is 26.2 Å². The molecule has 2 nitrogen and oxygen atoms in total. The predicted molar refractivity (Wildman–Crippen MR) is 60.1 cm³/mol. The van der Waals surface area contributed by atoms with Crippen molar-refractivity contribution in [3.05, 3.63) is 0 Å². The Labute approximate surface area is 87.6 Å². The highest BCUT2D eigenvalue weighted by atomic mass is 15.0. The van der Waals surface area contributed by atoms with Crippen molar-refractivity contribution in [2.45, 2.75) is 57.5 Å². The van der Waals surface area contributed by atoms with Crippen molar-refractivity contribution in [3.63, 3.8) is 0 Å². The summed E-state index contributed by atoms with van der Waals surface area (Å²) in [6.45, 7) is 3.48. The van der Waals surface area contributed by atoms with Crippen molar-refractivity contribution in [1.82, 2.24) is 5.32 Å². The van der Waals surface area contributed by atoms with E-state index in [1.807, 2.05) is 0 Å². The van der Waals surface area contributed by atoms with Crippen LogP contribution in [0.2, 0.25) is 0 Å². The Bertz CT molecular complexity index is 175. The summed E-state index contributed by atoms with van der Waals surface area (Å²) < 4.78 is 0. The largest absolute Gasteiger partial charge is 0.326 e. The second kappa shape index (κ2) is 4.63. The van der Waals surface area contributed by atoms with E-state index in [9.17, 15) is 0 Å². The summed E-state index contributed by atoms with van der Waals surface area (Å²) in [5.74, 6) is 1.57. The van der Waals surface area contributed by atoms with Crippen LogP contribution in [-0.2, 0) is 0 Å². The smallest absolute Gasteiger partial charge is 0.0249 e. The van der Waals surface area contributed by atoms with E-state index >= 15 is 0 Å². The molecule has 14 heavy (non-hydrogen) atoms. The van der Waals surface area contributed by atoms with Gasteiger partial charge in [0, 0.05) is 12.1 Å². The lowest BCUT2D eigenvalue weighted by Gasteiger charge is -2.41. The Hall–Kier alpha value is -0.0800. The first kappa shape index (κ1) is 10.4. The molecule has 0 aromatic rings. The second-order valence-electron chi connectivity index (χ2n) is 5.22. The first-order chi connectivity index (χ1) is 6.79. The zero-order chi connectivity index (χ0) is 9.97. The summed E-state index contributed by atoms with van der Waals surface area (Å²) in [7, 11) is 0. The molecular formula is C12H24N2. The lowest BCUT2D eigenvalue weighted by atomic mass is 9.76. The highest BCUT2D eigenvalue weighted by Crippen LogP contribution is 2.30. The van der Waals surface area contributed by atoms with Crippen molar-refractivity contribution in [2.75, 3.05) is 6.54 Å². The zero-order valence-electron chi connectivity index (χ0n) is 9.34. The fourth-order valence-corrected chi connectivity index (χ4v) is 3.13. The summed E-state index contributed by atoms with van der Waals surface area (Å²) in [5.41, 5.74) is 6.29. The standard InChI is InChI=1S/C12H24N2/c1-9-7-8-14-12(11(9)13)10-5-3-2-4-6-10/h9-12,14H,2-8,13H2,1H3. The van der Waals surface area contributed by atoms with Gasteiger partial charge in [0.1, 0.15) is 0 Å². The molecule has 1 aliphatic heterocycles. The SMILES string of the molecule is CC1CCNC(C2CCCCC2)C1N. The van der Waals surface area contributed by atoms with Gasteiger partial charge in [-0.25, -0.2) is 0 Å². The molecule has 3 unspecified atom stereocenters. The number of nitrogens with two attached hydrogens (primary N) is 1. The zero-order valence-corrected chi connectivity index (χ0v) is 9.34. The van der Waals surface area contributed by atoms with Crippen LogP contribution >= 0.6 is 0 Å². The molecule has 0 spiro atoms. The van der Waals surface area contributed by atoms with E-state index < -0.39 is 0 Å². The summed E-state index contributed by atoms with van der Waals surface area (Å²) >= 11 is 0. The molecule has 0 bridgehead atoms. The summed E-state index contributed by atoms with van der Waals surface area (Å²) in [6.07, 6.45) is 8.34. The minimum Gasteiger partial charge on any atom is -0.326 e. The Morgan fingerprint density at radius 1 is 1.07 bits per heavy atom. The lowest BCUT2D eigenvalue weighted by molar-refractivity contribution is 0.176. The average molecular weight is 196 g/mol. The van der Waals surface area contributed by atoms with E-state index in [2.05, 4.69) is 12.2 Å². The van der Waals surface area contributed by atoms with Crippen LogP contribution in [0.1, 0.15) is 45.4 Å². The molecule has 0 radical (unpaired) electrons. The van der Waals surface area contributed by atoms with Crippen LogP contribution in [0.3, 0.4) is 0 Å².